The monoisotopic (exact) mass is 250 g/mol. The molecule has 3 unspecified atom stereocenters. The van der Waals surface area contributed by atoms with Crippen molar-refractivity contribution in [3.8, 4) is 0 Å². The SMILES string of the molecule is CCC(C)C1CN(CC2CCC2)C(C2CC2)CN1. The minimum atomic E-state index is 0.741. The molecule has 1 saturated heterocycles. The molecular weight excluding hydrogens is 220 g/mol. The summed E-state index contributed by atoms with van der Waals surface area (Å²) in [5.74, 6) is 2.88. The molecule has 3 aliphatic rings. The minimum absolute atomic E-state index is 0.741. The average molecular weight is 250 g/mol. The second-order valence-corrected chi connectivity index (χ2v) is 7.06. The highest BCUT2D eigenvalue weighted by molar-refractivity contribution is 4.96. The van der Waals surface area contributed by atoms with Crippen LogP contribution in [0.1, 0.15) is 52.4 Å². The largest absolute Gasteiger partial charge is 0.311 e. The van der Waals surface area contributed by atoms with Gasteiger partial charge in [-0.05, 0) is 43.4 Å². The van der Waals surface area contributed by atoms with Crippen molar-refractivity contribution in [3.63, 3.8) is 0 Å². The summed E-state index contributed by atoms with van der Waals surface area (Å²) in [7, 11) is 0. The topological polar surface area (TPSA) is 15.3 Å². The van der Waals surface area contributed by atoms with Crippen LogP contribution in [0.25, 0.3) is 0 Å². The molecule has 1 N–H and O–H groups in total. The summed E-state index contributed by atoms with van der Waals surface area (Å²) in [5, 5.41) is 3.84. The molecule has 2 saturated carbocycles. The summed E-state index contributed by atoms with van der Waals surface area (Å²) in [6.45, 7) is 8.71. The Morgan fingerprint density at radius 1 is 1.22 bits per heavy atom. The summed E-state index contributed by atoms with van der Waals surface area (Å²) in [6, 6.07) is 1.61. The van der Waals surface area contributed by atoms with Gasteiger partial charge in [0.2, 0.25) is 0 Å². The lowest BCUT2D eigenvalue weighted by Gasteiger charge is -2.45. The van der Waals surface area contributed by atoms with E-state index >= 15 is 0 Å². The van der Waals surface area contributed by atoms with Gasteiger partial charge in [0.05, 0.1) is 0 Å². The lowest BCUT2D eigenvalue weighted by Crippen LogP contribution is -2.60. The summed E-state index contributed by atoms with van der Waals surface area (Å²) < 4.78 is 0. The highest BCUT2D eigenvalue weighted by Gasteiger charge is 2.40. The Morgan fingerprint density at radius 3 is 2.56 bits per heavy atom. The fraction of sp³-hybridized carbons (Fsp3) is 1.00. The molecule has 2 aliphatic carbocycles. The second-order valence-electron chi connectivity index (χ2n) is 7.06. The van der Waals surface area contributed by atoms with Crippen molar-refractivity contribution in [1.29, 1.82) is 0 Å². The van der Waals surface area contributed by atoms with Crippen LogP contribution in [0, 0.1) is 17.8 Å². The van der Waals surface area contributed by atoms with E-state index in [-0.39, 0.29) is 0 Å². The van der Waals surface area contributed by atoms with Crippen molar-refractivity contribution in [2.24, 2.45) is 17.8 Å². The number of hydrogen-bond acceptors (Lipinski definition) is 2. The predicted molar refractivity (Wildman–Crippen MR) is 76.7 cm³/mol. The third-order valence-corrected chi connectivity index (χ3v) is 5.70. The third kappa shape index (κ3) is 2.75. The first-order valence-electron chi connectivity index (χ1n) is 8.25. The fourth-order valence-electron chi connectivity index (χ4n) is 3.68. The summed E-state index contributed by atoms with van der Waals surface area (Å²) in [5.41, 5.74) is 0. The van der Waals surface area contributed by atoms with Crippen LogP contribution in [-0.4, -0.2) is 36.6 Å². The molecule has 0 amide bonds. The van der Waals surface area contributed by atoms with Crippen molar-refractivity contribution in [2.45, 2.75) is 64.5 Å². The first-order valence-corrected chi connectivity index (χ1v) is 8.25. The van der Waals surface area contributed by atoms with Crippen LogP contribution in [0.2, 0.25) is 0 Å². The van der Waals surface area contributed by atoms with E-state index in [0.717, 1.165) is 29.8 Å². The lowest BCUT2D eigenvalue weighted by atomic mass is 9.84. The van der Waals surface area contributed by atoms with Crippen LogP contribution >= 0.6 is 0 Å². The second kappa shape index (κ2) is 5.50. The van der Waals surface area contributed by atoms with Gasteiger partial charge >= 0.3 is 0 Å². The van der Waals surface area contributed by atoms with Crippen LogP contribution < -0.4 is 5.32 Å². The van der Waals surface area contributed by atoms with Gasteiger partial charge in [0.25, 0.3) is 0 Å². The van der Waals surface area contributed by atoms with E-state index in [0.29, 0.717) is 0 Å². The summed E-state index contributed by atoms with van der Waals surface area (Å²) in [6.07, 6.45) is 8.76. The van der Waals surface area contributed by atoms with Gasteiger partial charge in [-0.3, -0.25) is 4.90 Å². The first-order chi connectivity index (χ1) is 8.78. The molecule has 2 heteroatoms. The van der Waals surface area contributed by atoms with E-state index in [2.05, 4.69) is 24.1 Å². The molecule has 104 valence electrons. The van der Waals surface area contributed by atoms with Crippen LogP contribution in [-0.2, 0) is 0 Å². The van der Waals surface area contributed by atoms with Gasteiger partial charge in [0, 0.05) is 31.7 Å². The van der Waals surface area contributed by atoms with E-state index < -0.39 is 0 Å². The van der Waals surface area contributed by atoms with Gasteiger partial charge in [-0.1, -0.05) is 26.7 Å². The Morgan fingerprint density at radius 2 is 2.00 bits per heavy atom. The van der Waals surface area contributed by atoms with Crippen molar-refractivity contribution in [3.05, 3.63) is 0 Å². The standard InChI is InChI=1S/C16H30N2/c1-3-12(2)15-11-18(10-13-5-4-6-13)16(9-17-15)14-7-8-14/h12-17H,3-11H2,1-2H3. The zero-order chi connectivity index (χ0) is 12.5. The molecule has 0 aromatic heterocycles. The average Bonchev–Trinajstić information content (AvgIpc) is 3.16. The molecule has 0 radical (unpaired) electrons. The molecule has 0 spiro atoms. The molecular formula is C16H30N2. The minimum Gasteiger partial charge on any atom is -0.311 e. The molecule has 3 rings (SSSR count). The highest BCUT2D eigenvalue weighted by Crippen LogP contribution is 2.38. The Bertz CT molecular complexity index is 270. The maximum Gasteiger partial charge on any atom is 0.0249 e. The molecule has 1 aliphatic heterocycles. The maximum absolute atomic E-state index is 3.84. The molecule has 0 aromatic carbocycles. The highest BCUT2D eigenvalue weighted by atomic mass is 15.2. The van der Waals surface area contributed by atoms with Gasteiger partial charge in [-0.25, -0.2) is 0 Å². The zero-order valence-corrected chi connectivity index (χ0v) is 12.2. The zero-order valence-electron chi connectivity index (χ0n) is 12.2. The van der Waals surface area contributed by atoms with E-state index in [1.807, 2.05) is 0 Å². The molecule has 2 nitrogen and oxygen atoms in total. The maximum atomic E-state index is 3.84. The van der Waals surface area contributed by atoms with E-state index in [9.17, 15) is 0 Å². The molecule has 3 atom stereocenters. The summed E-state index contributed by atoms with van der Waals surface area (Å²) in [4.78, 5) is 2.87. The van der Waals surface area contributed by atoms with E-state index in [1.165, 1.54) is 58.2 Å². The van der Waals surface area contributed by atoms with Crippen LogP contribution in [0.5, 0.6) is 0 Å². The van der Waals surface area contributed by atoms with Crippen molar-refractivity contribution in [1.82, 2.24) is 10.2 Å². The van der Waals surface area contributed by atoms with Crippen LogP contribution in [0.15, 0.2) is 0 Å². The number of piperazine rings is 1. The summed E-state index contributed by atoms with van der Waals surface area (Å²) >= 11 is 0. The van der Waals surface area contributed by atoms with Crippen molar-refractivity contribution >= 4 is 0 Å². The predicted octanol–water partition coefficient (Wildman–Crippen LogP) is 2.89. The molecule has 0 bridgehead atoms. The van der Waals surface area contributed by atoms with Gasteiger partial charge in [0.1, 0.15) is 0 Å². The normalized spacial score (nSPS) is 36.3. The van der Waals surface area contributed by atoms with Crippen LogP contribution in [0.4, 0.5) is 0 Å². The Kier molecular flexibility index (Phi) is 3.95. The van der Waals surface area contributed by atoms with Gasteiger partial charge in [0.15, 0.2) is 0 Å². The Balaban J connectivity index is 1.59. The third-order valence-electron chi connectivity index (χ3n) is 5.70. The Hall–Kier alpha value is -0.0800. The fourth-order valence-corrected chi connectivity index (χ4v) is 3.68. The smallest absolute Gasteiger partial charge is 0.0249 e. The first kappa shape index (κ1) is 12.9. The van der Waals surface area contributed by atoms with Gasteiger partial charge in [-0.2, -0.15) is 0 Å². The number of nitrogens with one attached hydrogen (secondary N) is 1. The molecule has 1 heterocycles. The number of rotatable bonds is 5. The molecule has 3 fully saturated rings. The lowest BCUT2D eigenvalue weighted by molar-refractivity contribution is 0.0645. The Labute approximate surface area is 113 Å². The van der Waals surface area contributed by atoms with Gasteiger partial charge < -0.3 is 5.32 Å². The molecule has 0 aromatic rings. The van der Waals surface area contributed by atoms with Crippen LogP contribution in [0.3, 0.4) is 0 Å². The number of nitrogens with zero attached hydrogens (tertiary/aromatic N) is 1. The van der Waals surface area contributed by atoms with Crippen molar-refractivity contribution in [2.75, 3.05) is 19.6 Å². The molecule has 18 heavy (non-hydrogen) atoms. The van der Waals surface area contributed by atoms with E-state index in [1.54, 1.807) is 0 Å². The van der Waals surface area contributed by atoms with Crippen molar-refractivity contribution < 1.29 is 0 Å². The number of hydrogen-bond donors (Lipinski definition) is 1. The quantitative estimate of drug-likeness (QED) is 0.807. The van der Waals surface area contributed by atoms with E-state index in [4.69, 9.17) is 0 Å². The van der Waals surface area contributed by atoms with Gasteiger partial charge in [-0.15, -0.1) is 0 Å².